The average Bonchev–Trinajstić information content (AvgIpc) is 3.25. The zero-order chi connectivity index (χ0) is 22.1. The predicted octanol–water partition coefficient (Wildman–Crippen LogP) is 4.15. The highest BCUT2D eigenvalue weighted by atomic mass is 19.3. The second-order valence-corrected chi connectivity index (χ2v) is 7.95. The molecule has 9 heteroatoms. The van der Waals surface area contributed by atoms with Gasteiger partial charge in [0, 0.05) is 30.7 Å². The molecule has 0 radical (unpaired) electrons. The van der Waals surface area contributed by atoms with E-state index < -0.39 is 5.92 Å². The van der Waals surface area contributed by atoms with Crippen molar-refractivity contribution in [2.45, 2.75) is 18.8 Å². The number of nitrogens with zero attached hydrogens (tertiary/aromatic N) is 4. The summed E-state index contributed by atoms with van der Waals surface area (Å²) in [7, 11) is 0. The van der Waals surface area contributed by atoms with Crippen LogP contribution in [-0.4, -0.2) is 51.7 Å². The summed E-state index contributed by atoms with van der Waals surface area (Å²) < 4.78 is 40.8. The number of benzene rings is 1. The van der Waals surface area contributed by atoms with E-state index in [0.29, 0.717) is 53.0 Å². The minimum absolute atomic E-state index is 0.0527. The van der Waals surface area contributed by atoms with Crippen LogP contribution in [0.15, 0.2) is 64.6 Å². The van der Waals surface area contributed by atoms with Crippen molar-refractivity contribution in [1.29, 1.82) is 0 Å². The summed E-state index contributed by atoms with van der Waals surface area (Å²) in [4.78, 5) is 6.13. The molecule has 0 unspecified atom stereocenters. The van der Waals surface area contributed by atoms with Crippen molar-refractivity contribution in [2.75, 3.05) is 26.2 Å². The normalized spacial score (nSPS) is 17.2. The molecule has 1 aromatic carbocycles. The summed E-state index contributed by atoms with van der Waals surface area (Å²) in [6.07, 6.45) is 4.02. The Bertz CT molecular complexity index is 1330. The number of fused-ring (bicyclic) bond motifs is 2. The van der Waals surface area contributed by atoms with Gasteiger partial charge < -0.3 is 18.8 Å². The van der Waals surface area contributed by atoms with Crippen LogP contribution in [0.2, 0.25) is 0 Å². The summed E-state index contributed by atoms with van der Waals surface area (Å²) in [6, 6.07) is 12.6. The van der Waals surface area contributed by atoms with E-state index in [2.05, 4.69) is 10.1 Å². The Morgan fingerprint density at radius 2 is 2.12 bits per heavy atom. The fourth-order valence-electron chi connectivity index (χ4n) is 4.05. The molecule has 7 nitrogen and oxygen atoms in total. The van der Waals surface area contributed by atoms with E-state index in [9.17, 15) is 14.0 Å². The number of rotatable bonds is 5. The molecular weight excluding hydrogens is 418 g/mol. The van der Waals surface area contributed by atoms with Crippen LogP contribution in [0.25, 0.3) is 27.9 Å². The Hall–Kier alpha value is -3.46. The zero-order valence-corrected chi connectivity index (χ0v) is 17.2. The van der Waals surface area contributed by atoms with Crippen molar-refractivity contribution in [3.8, 4) is 17.2 Å². The van der Waals surface area contributed by atoms with Gasteiger partial charge in [0.05, 0.1) is 18.3 Å². The van der Waals surface area contributed by atoms with Crippen LogP contribution in [0, 0.1) is 0 Å². The molecular formula is C23H22F2N4O3. The lowest BCUT2D eigenvalue weighted by Crippen LogP contribution is -2.44. The van der Waals surface area contributed by atoms with Crippen LogP contribution in [0.3, 0.4) is 0 Å². The van der Waals surface area contributed by atoms with Crippen molar-refractivity contribution < 1.29 is 23.1 Å². The van der Waals surface area contributed by atoms with Crippen LogP contribution in [0.5, 0.6) is 5.75 Å². The molecule has 1 fully saturated rings. The third-order valence-electron chi connectivity index (χ3n) is 5.64. The first-order valence-electron chi connectivity index (χ1n) is 10.4. The predicted molar refractivity (Wildman–Crippen MR) is 114 cm³/mol. The smallest absolute Gasteiger partial charge is 0.260 e. The largest absolute Gasteiger partial charge is 0.492 e. The average molecular weight is 440 g/mol. The van der Waals surface area contributed by atoms with E-state index >= 15 is 0 Å². The quantitative estimate of drug-likeness (QED) is 0.373. The Balaban J connectivity index is 1.36. The van der Waals surface area contributed by atoms with Crippen molar-refractivity contribution >= 4 is 16.5 Å². The third-order valence-corrected chi connectivity index (χ3v) is 5.64. The molecule has 0 spiro atoms. The number of alkyl halides is 2. The van der Waals surface area contributed by atoms with E-state index in [4.69, 9.17) is 9.15 Å². The molecule has 0 atom stereocenters. The van der Waals surface area contributed by atoms with Crippen LogP contribution in [0.4, 0.5) is 8.78 Å². The van der Waals surface area contributed by atoms with Crippen LogP contribution >= 0.6 is 0 Å². The van der Waals surface area contributed by atoms with Crippen molar-refractivity contribution in [1.82, 2.24) is 14.3 Å². The number of likely N-dealkylation sites (tertiary alicyclic amines) is 1. The number of hydrogen-bond acceptors (Lipinski definition) is 6. The highest BCUT2D eigenvalue weighted by Crippen LogP contribution is 2.27. The van der Waals surface area contributed by atoms with E-state index in [1.165, 1.54) is 0 Å². The third kappa shape index (κ3) is 4.16. The Morgan fingerprint density at radius 3 is 2.97 bits per heavy atom. The molecule has 1 N–H and O–H groups in total. The standard InChI is InChI=1S/C23H22F2N4O3/c24-23(25)6-2-7-28(14-23)9-10-31-17-4-5-21-18(12-17)19(27-30)13-22(32-21)20-11-16-3-1-8-29(16)15-26-20/h1,3-5,8,11-13,15,30H,2,6-7,9-10,14H2. The minimum Gasteiger partial charge on any atom is -0.492 e. The van der Waals surface area contributed by atoms with E-state index in [-0.39, 0.29) is 19.6 Å². The van der Waals surface area contributed by atoms with Crippen molar-refractivity contribution in [3.63, 3.8) is 0 Å². The van der Waals surface area contributed by atoms with Crippen molar-refractivity contribution in [2.24, 2.45) is 5.16 Å². The highest BCUT2D eigenvalue weighted by Gasteiger charge is 2.34. The van der Waals surface area contributed by atoms with Gasteiger partial charge in [0.25, 0.3) is 5.92 Å². The maximum Gasteiger partial charge on any atom is 0.260 e. The number of hydrogen-bond donors (Lipinski definition) is 1. The zero-order valence-electron chi connectivity index (χ0n) is 17.2. The van der Waals surface area contributed by atoms with Gasteiger partial charge in [-0.05, 0) is 49.4 Å². The molecule has 0 bridgehead atoms. The maximum atomic E-state index is 13.5. The second-order valence-electron chi connectivity index (χ2n) is 7.95. The van der Waals surface area contributed by atoms with Gasteiger partial charge in [-0.3, -0.25) is 4.90 Å². The topological polar surface area (TPSA) is 75.5 Å². The van der Waals surface area contributed by atoms with Gasteiger partial charge >= 0.3 is 0 Å². The summed E-state index contributed by atoms with van der Waals surface area (Å²) >= 11 is 0. The molecule has 4 heterocycles. The highest BCUT2D eigenvalue weighted by molar-refractivity contribution is 5.80. The van der Waals surface area contributed by atoms with Gasteiger partial charge in [-0.1, -0.05) is 5.16 Å². The van der Waals surface area contributed by atoms with Gasteiger partial charge in [-0.15, -0.1) is 0 Å². The van der Waals surface area contributed by atoms with E-state index in [1.54, 1.807) is 35.5 Å². The number of aromatic nitrogens is 2. The Labute approximate surface area is 182 Å². The van der Waals surface area contributed by atoms with Crippen molar-refractivity contribution in [3.05, 3.63) is 60.3 Å². The van der Waals surface area contributed by atoms with Crippen LogP contribution < -0.4 is 10.1 Å². The SMILES string of the molecule is ON=c1cc(-c2cc3cccn3cn2)oc2ccc(OCCN3CCCC(F)(F)C3)cc12. The first-order valence-corrected chi connectivity index (χ1v) is 10.4. The van der Waals surface area contributed by atoms with Gasteiger partial charge in [-0.2, -0.15) is 0 Å². The maximum absolute atomic E-state index is 13.5. The summed E-state index contributed by atoms with van der Waals surface area (Å²) in [5, 5.41) is 13.9. The van der Waals surface area contributed by atoms with E-state index in [0.717, 1.165) is 5.52 Å². The van der Waals surface area contributed by atoms with Gasteiger partial charge in [0.1, 0.15) is 29.0 Å². The fraction of sp³-hybridized carbons (Fsp3) is 0.304. The fourth-order valence-corrected chi connectivity index (χ4v) is 4.05. The molecule has 3 aromatic heterocycles. The molecule has 5 rings (SSSR count). The van der Waals surface area contributed by atoms with Crippen LogP contribution in [-0.2, 0) is 0 Å². The van der Waals surface area contributed by atoms with Gasteiger partial charge in [0.2, 0.25) is 0 Å². The molecule has 1 aliphatic rings. The molecule has 1 aliphatic heterocycles. The Kier molecular flexibility index (Phi) is 5.26. The van der Waals surface area contributed by atoms with E-state index in [1.807, 2.05) is 28.8 Å². The molecule has 0 saturated carbocycles. The molecule has 4 aromatic rings. The monoisotopic (exact) mass is 440 g/mol. The summed E-state index contributed by atoms with van der Waals surface area (Å²) in [6.45, 7) is 1.12. The number of piperidine rings is 1. The molecule has 0 aliphatic carbocycles. The molecule has 0 amide bonds. The molecule has 166 valence electrons. The number of ether oxygens (including phenoxy) is 1. The first-order chi connectivity index (χ1) is 15.5. The van der Waals surface area contributed by atoms with Gasteiger partial charge in [-0.25, -0.2) is 13.8 Å². The minimum atomic E-state index is -2.63. The summed E-state index contributed by atoms with van der Waals surface area (Å²) in [5.41, 5.74) is 2.08. The first kappa shape index (κ1) is 20.4. The second kappa shape index (κ2) is 8.23. The lowest BCUT2D eigenvalue weighted by Gasteiger charge is -2.32. The van der Waals surface area contributed by atoms with Crippen LogP contribution in [0.1, 0.15) is 12.8 Å². The van der Waals surface area contributed by atoms with Gasteiger partial charge in [0.15, 0.2) is 5.76 Å². The Morgan fingerprint density at radius 1 is 1.22 bits per heavy atom. The summed E-state index contributed by atoms with van der Waals surface area (Å²) in [5.74, 6) is -1.62. The lowest BCUT2D eigenvalue weighted by molar-refractivity contribution is -0.0656. The number of halogens is 2. The lowest BCUT2D eigenvalue weighted by atomic mass is 10.1. The molecule has 1 saturated heterocycles. The molecule has 32 heavy (non-hydrogen) atoms.